The van der Waals surface area contributed by atoms with Gasteiger partial charge in [-0.3, -0.25) is 0 Å². The molecule has 1 aliphatic carbocycles. The Morgan fingerprint density at radius 2 is 1.89 bits per heavy atom. The highest BCUT2D eigenvalue weighted by molar-refractivity contribution is 5.23. The summed E-state index contributed by atoms with van der Waals surface area (Å²) in [5.41, 5.74) is 6.31. The number of halogens is 1. The second kappa shape index (κ2) is 6.30. The van der Waals surface area contributed by atoms with E-state index in [4.69, 9.17) is 5.73 Å². The lowest BCUT2D eigenvalue weighted by atomic mass is 9.78. The maximum Gasteiger partial charge on any atom is 0.126 e. The topological polar surface area (TPSA) is 46.2 Å². The van der Waals surface area contributed by atoms with E-state index >= 15 is 0 Å². The van der Waals surface area contributed by atoms with E-state index in [1.807, 2.05) is 0 Å². The monoisotopic (exact) mass is 251 g/mol. The van der Waals surface area contributed by atoms with Crippen molar-refractivity contribution in [2.45, 2.75) is 44.1 Å². The highest BCUT2D eigenvalue weighted by Gasteiger charge is 2.30. The number of rotatable bonds is 4. The van der Waals surface area contributed by atoms with Gasteiger partial charge in [-0.2, -0.15) is 0 Å². The average Bonchev–Trinajstić information content (AvgIpc) is 2.42. The SMILES string of the molecule is NCC(c1ccccc1F)C(O)C1CCCCC1. The number of aliphatic hydroxyl groups excluding tert-OH is 1. The van der Waals surface area contributed by atoms with Crippen molar-refractivity contribution in [2.75, 3.05) is 6.54 Å². The molecule has 0 heterocycles. The quantitative estimate of drug-likeness (QED) is 0.864. The molecule has 2 atom stereocenters. The van der Waals surface area contributed by atoms with Crippen LogP contribution in [-0.4, -0.2) is 17.8 Å². The second-order valence-corrected chi connectivity index (χ2v) is 5.25. The van der Waals surface area contributed by atoms with Crippen LogP contribution in [0, 0.1) is 11.7 Å². The highest BCUT2D eigenvalue weighted by atomic mass is 19.1. The summed E-state index contributed by atoms with van der Waals surface area (Å²) in [5, 5.41) is 10.5. The summed E-state index contributed by atoms with van der Waals surface area (Å²) in [5.74, 6) is -0.274. The van der Waals surface area contributed by atoms with Gasteiger partial charge in [-0.05, 0) is 30.4 Å². The van der Waals surface area contributed by atoms with E-state index in [0.717, 1.165) is 25.7 Å². The van der Waals surface area contributed by atoms with Crippen LogP contribution < -0.4 is 5.73 Å². The van der Waals surface area contributed by atoms with Crippen LogP contribution in [0.3, 0.4) is 0 Å². The molecule has 1 fully saturated rings. The van der Waals surface area contributed by atoms with Crippen LogP contribution in [-0.2, 0) is 0 Å². The Morgan fingerprint density at radius 3 is 2.50 bits per heavy atom. The summed E-state index contributed by atoms with van der Waals surface area (Å²) in [7, 11) is 0. The minimum Gasteiger partial charge on any atom is -0.392 e. The molecule has 0 bridgehead atoms. The molecule has 0 aliphatic heterocycles. The zero-order valence-corrected chi connectivity index (χ0v) is 10.7. The third-order valence-corrected chi connectivity index (χ3v) is 4.10. The molecular weight excluding hydrogens is 229 g/mol. The van der Waals surface area contributed by atoms with Gasteiger partial charge in [0.05, 0.1) is 6.10 Å². The van der Waals surface area contributed by atoms with E-state index < -0.39 is 6.10 Å². The third-order valence-electron chi connectivity index (χ3n) is 4.10. The van der Waals surface area contributed by atoms with Crippen molar-refractivity contribution in [1.82, 2.24) is 0 Å². The van der Waals surface area contributed by atoms with Crippen molar-refractivity contribution in [3.05, 3.63) is 35.6 Å². The zero-order chi connectivity index (χ0) is 13.0. The van der Waals surface area contributed by atoms with Crippen LogP contribution in [0.15, 0.2) is 24.3 Å². The van der Waals surface area contributed by atoms with Crippen molar-refractivity contribution in [1.29, 1.82) is 0 Å². The maximum absolute atomic E-state index is 13.8. The van der Waals surface area contributed by atoms with Gasteiger partial charge in [-0.25, -0.2) is 4.39 Å². The summed E-state index contributed by atoms with van der Waals surface area (Å²) < 4.78 is 13.8. The first-order valence-corrected chi connectivity index (χ1v) is 6.86. The van der Waals surface area contributed by atoms with Crippen LogP contribution >= 0.6 is 0 Å². The molecule has 1 aromatic carbocycles. The van der Waals surface area contributed by atoms with E-state index in [1.165, 1.54) is 12.5 Å². The molecule has 3 N–H and O–H groups in total. The number of nitrogens with two attached hydrogens (primary N) is 1. The molecule has 3 heteroatoms. The van der Waals surface area contributed by atoms with Crippen molar-refractivity contribution in [2.24, 2.45) is 11.7 Å². The summed E-state index contributed by atoms with van der Waals surface area (Å²) in [6.07, 6.45) is 5.12. The van der Waals surface area contributed by atoms with Crippen LogP contribution in [0.1, 0.15) is 43.6 Å². The molecule has 0 saturated heterocycles. The lowest BCUT2D eigenvalue weighted by molar-refractivity contribution is 0.0614. The summed E-state index contributed by atoms with van der Waals surface area (Å²) in [6.45, 7) is 0.290. The second-order valence-electron chi connectivity index (χ2n) is 5.25. The molecule has 2 nitrogen and oxygen atoms in total. The molecule has 0 aromatic heterocycles. The highest BCUT2D eigenvalue weighted by Crippen LogP contribution is 2.33. The Labute approximate surface area is 108 Å². The van der Waals surface area contributed by atoms with Gasteiger partial charge in [0, 0.05) is 12.5 Å². The number of benzene rings is 1. The fourth-order valence-corrected chi connectivity index (χ4v) is 3.03. The number of hydrogen-bond donors (Lipinski definition) is 2. The minimum atomic E-state index is -0.521. The number of hydrogen-bond acceptors (Lipinski definition) is 2. The molecular formula is C15H22FNO. The largest absolute Gasteiger partial charge is 0.392 e. The van der Waals surface area contributed by atoms with Gasteiger partial charge in [-0.15, -0.1) is 0 Å². The normalized spacial score (nSPS) is 20.6. The van der Waals surface area contributed by atoms with Crippen molar-refractivity contribution >= 4 is 0 Å². The smallest absolute Gasteiger partial charge is 0.126 e. The van der Waals surface area contributed by atoms with E-state index in [9.17, 15) is 9.50 Å². The Balaban J connectivity index is 2.14. The Kier molecular flexibility index (Phi) is 4.72. The summed E-state index contributed by atoms with van der Waals surface area (Å²) in [4.78, 5) is 0. The number of aliphatic hydroxyl groups is 1. The molecule has 0 radical (unpaired) electrons. The van der Waals surface area contributed by atoms with Gasteiger partial charge in [0.15, 0.2) is 0 Å². The fourth-order valence-electron chi connectivity index (χ4n) is 3.03. The van der Waals surface area contributed by atoms with Crippen molar-refractivity contribution < 1.29 is 9.50 Å². The molecule has 1 aromatic rings. The average molecular weight is 251 g/mol. The molecule has 2 rings (SSSR count). The standard InChI is InChI=1S/C15H22FNO/c16-14-9-5-4-8-12(14)13(10-17)15(18)11-6-2-1-3-7-11/h4-5,8-9,11,13,15,18H,1-3,6-7,10,17H2. The van der Waals surface area contributed by atoms with Gasteiger partial charge < -0.3 is 10.8 Å². The van der Waals surface area contributed by atoms with Crippen LogP contribution in [0.2, 0.25) is 0 Å². The third kappa shape index (κ3) is 2.90. The van der Waals surface area contributed by atoms with E-state index in [-0.39, 0.29) is 17.7 Å². The zero-order valence-electron chi connectivity index (χ0n) is 10.7. The first-order chi connectivity index (χ1) is 8.74. The summed E-state index contributed by atoms with van der Waals surface area (Å²) in [6, 6.07) is 6.64. The first kappa shape index (κ1) is 13.5. The lowest BCUT2D eigenvalue weighted by Crippen LogP contribution is -2.34. The van der Waals surface area contributed by atoms with Gasteiger partial charge >= 0.3 is 0 Å². The van der Waals surface area contributed by atoms with E-state index in [2.05, 4.69) is 0 Å². The van der Waals surface area contributed by atoms with E-state index in [0.29, 0.717) is 12.1 Å². The molecule has 0 amide bonds. The first-order valence-electron chi connectivity index (χ1n) is 6.86. The molecule has 1 aliphatic rings. The Bertz CT molecular complexity index is 377. The van der Waals surface area contributed by atoms with Gasteiger partial charge in [-0.1, -0.05) is 37.5 Å². The summed E-state index contributed by atoms with van der Waals surface area (Å²) >= 11 is 0. The fraction of sp³-hybridized carbons (Fsp3) is 0.600. The minimum absolute atomic E-state index is 0.261. The van der Waals surface area contributed by atoms with Gasteiger partial charge in [0.2, 0.25) is 0 Å². The van der Waals surface area contributed by atoms with Crippen molar-refractivity contribution in [3.8, 4) is 0 Å². The lowest BCUT2D eigenvalue weighted by Gasteiger charge is -2.32. The maximum atomic E-state index is 13.8. The van der Waals surface area contributed by atoms with Crippen LogP contribution in [0.4, 0.5) is 4.39 Å². The molecule has 1 saturated carbocycles. The Morgan fingerprint density at radius 1 is 1.22 bits per heavy atom. The van der Waals surface area contributed by atoms with Crippen LogP contribution in [0.5, 0.6) is 0 Å². The molecule has 18 heavy (non-hydrogen) atoms. The molecule has 2 unspecified atom stereocenters. The van der Waals surface area contributed by atoms with Gasteiger partial charge in [0.25, 0.3) is 0 Å². The van der Waals surface area contributed by atoms with Gasteiger partial charge in [0.1, 0.15) is 5.82 Å². The Hall–Kier alpha value is -0.930. The predicted molar refractivity (Wildman–Crippen MR) is 70.8 cm³/mol. The predicted octanol–water partition coefficient (Wildman–Crippen LogP) is 2.81. The van der Waals surface area contributed by atoms with Crippen LogP contribution in [0.25, 0.3) is 0 Å². The molecule has 0 spiro atoms. The van der Waals surface area contributed by atoms with Crippen molar-refractivity contribution in [3.63, 3.8) is 0 Å². The van der Waals surface area contributed by atoms with E-state index in [1.54, 1.807) is 18.2 Å². The molecule has 100 valence electrons.